The monoisotopic (exact) mass is 340 g/mol. The van der Waals surface area contributed by atoms with Crippen LogP contribution in [0.1, 0.15) is 21.6 Å². The summed E-state index contributed by atoms with van der Waals surface area (Å²) in [6.07, 6.45) is 0. The molecule has 0 aliphatic carbocycles. The van der Waals surface area contributed by atoms with E-state index in [1.807, 2.05) is 31.4 Å². The summed E-state index contributed by atoms with van der Waals surface area (Å²) in [7, 11) is 1.50. The van der Waals surface area contributed by atoms with Crippen molar-refractivity contribution in [1.29, 1.82) is 0 Å². The van der Waals surface area contributed by atoms with Gasteiger partial charge in [0.2, 0.25) is 0 Å². The molecule has 0 atom stereocenters. The zero-order valence-electron chi connectivity index (χ0n) is 13.5. The van der Waals surface area contributed by atoms with Gasteiger partial charge >= 0.3 is 0 Å². The van der Waals surface area contributed by atoms with Crippen LogP contribution in [-0.2, 0) is 7.05 Å². The number of aromatic nitrogens is 3. The molecule has 2 heterocycles. The molecule has 0 unspecified atom stereocenters. The number of aryl methyl sites for hydroxylation is 3. The van der Waals surface area contributed by atoms with Crippen molar-refractivity contribution in [2.45, 2.75) is 13.8 Å². The van der Waals surface area contributed by atoms with Gasteiger partial charge in [0, 0.05) is 24.1 Å². The van der Waals surface area contributed by atoms with E-state index in [1.165, 1.54) is 36.1 Å². The number of benzene rings is 1. The predicted molar refractivity (Wildman–Crippen MR) is 94.5 cm³/mol. The first kappa shape index (κ1) is 16.1. The smallest absolute Gasteiger partial charge is 0.277 e. The van der Waals surface area contributed by atoms with E-state index in [9.17, 15) is 9.59 Å². The summed E-state index contributed by atoms with van der Waals surface area (Å²) >= 11 is 1.35. The van der Waals surface area contributed by atoms with E-state index in [2.05, 4.69) is 21.5 Å². The molecule has 1 amide bonds. The second-order valence-electron chi connectivity index (χ2n) is 5.49. The lowest BCUT2D eigenvalue weighted by molar-refractivity contribution is 0.102. The second kappa shape index (κ2) is 6.37. The number of nitrogens with zero attached hydrogens (tertiary/aromatic N) is 3. The zero-order chi connectivity index (χ0) is 17.3. The van der Waals surface area contributed by atoms with Gasteiger partial charge in [-0.15, -0.1) is 11.3 Å². The van der Waals surface area contributed by atoms with Gasteiger partial charge in [-0.25, -0.2) is 9.67 Å². The van der Waals surface area contributed by atoms with Gasteiger partial charge in [0.15, 0.2) is 5.13 Å². The molecule has 3 rings (SSSR count). The number of nitrogens with one attached hydrogen (secondary N) is 1. The highest BCUT2D eigenvalue weighted by Crippen LogP contribution is 2.28. The first-order valence-electron chi connectivity index (χ1n) is 7.33. The molecule has 122 valence electrons. The summed E-state index contributed by atoms with van der Waals surface area (Å²) in [6, 6.07) is 8.87. The number of rotatable bonds is 3. The van der Waals surface area contributed by atoms with Crippen LogP contribution in [0.5, 0.6) is 0 Å². The lowest BCUT2D eigenvalue weighted by atomic mass is 10.0. The zero-order valence-corrected chi connectivity index (χ0v) is 14.3. The Morgan fingerprint density at radius 3 is 2.71 bits per heavy atom. The van der Waals surface area contributed by atoms with Crippen LogP contribution in [0, 0.1) is 13.8 Å². The van der Waals surface area contributed by atoms with Crippen LogP contribution in [0.25, 0.3) is 11.3 Å². The van der Waals surface area contributed by atoms with Gasteiger partial charge in [-0.05, 0) is 25.5 Å². The number of carbonyl (C=O) groups is 1. The van der Waals surface area contributed by atoms with Crippen LogP contribution < -0.4 is 10.9 Å². The minimum atomic E-state index is -0.396. The third-order valence-corrected chi connectivity index (χ3v) is 4.33. The van der Waals surface area contributed by atoms with E-state index in [0.29, 0.717) is 5.13 Å². The van der Waals surface area contributed by atoms with Crippen LogP contribution in [0.4, 0.5) is 5.13 Å². The maximum Gasteiger partial charge on any atom is 0.277 e. The van der Waals surface area contributed by atoms with E-state index in [1.54, 1.807) is 0 Å². The third kappa shape index (κ3) is 3.26. The number of thiazole rings is 1. The molecule has 0 fully saturated rings. The molecule has 1 aromatic carbocycles. The Balaban J connectivity index is 1.82. The minimum absolute atomic E-state index is 0.167. The van der Waals surface area contributed by atoms with Crippen LogP contribution in [0.3, 0.4) is 0 Å². The molecule has 0 aliphatic rings. The van der Waals surface area contributed by atoms with Crippen LogP contribution in [0.15, 0.2) is 40.5 Å². The lowest BCUT2D eigenvalue weighted by Gasteiger charge is -2.04. The van der Waals surface area contributed by atoms with Crippen molar-refractivity contribution in [3.63, 3.8) is 0 Å². The largest absolute Gasteiger partial charge is 0.296 e. The quantitative estimate of drug-likeness (QED) is 0.795. The first-order chi connectivity index (χ1) is 11.4. The average molecular weight is 340 g/mol. The summed E-state index contributed by atoms with van der Waals surface area (Å²) in [4.78, 5) is 28.0. The van der Waals surface area contributed by atoms with Crippen molar-refractivity contribution in [3.8, 4) is 11.3 Å². The van der Waals surface area contributed by atoms with Crippen LogP contribution in [0.2, 0.25) is 0 Å². The highest BCUT2D eigenvalue weighted by atomic mass is 32.1. The number of hydrogen-bond acceptors (Lipinski definition) is 5. The van der Waals surface area contributed by atoms with Crippen molar-refractivity contribution in [2.75, 3.05) is 5.32 Å². The highest BCUT2D eigenvalue weighted by molar-refractivity contribution is 7.14. The van der Waals surface area contributed by atoms with E-state index >= 15 is 0 Å². The number of amides is 1. The predicted octanol–water partition coefficient (Wildman–Crippen LogP) is 2.77. The molecular formula is C17H16N4O2S. The van der Waals surface area contributed by atoms with E-state index < -0.39 is 5.91 Å². The molecule has 0 saturated carbocycles. The van der Waals surface area contributed by atoms with Gasteiger partial charge in [0.25, 0.3) is 11.5 Å². The SMILES string of the molecule is Cc1ccc(-c2csc(NC(=O)c3ccc(=O)n(C)n3)n2)c(C)c1. The highest BCUT2D eigenvalue weighted by Gasteiger charge is 2.13. The Morgan fingerprint density at radius 2 is 2.00 bits per heavy atom. The van der Waals surface area contributed by atoms with Crippen LogP contribution >= 0.6 is 11.3 Å². The molecule has 0 saturated heterocycles. The molecule has 0 radical (unpaired) electrons. The fourth-order valence-corrected chi connectivity index (χ4v) is 3.05. The maximum absolute atomic E-state index is 12.2. The van der Waals surface area contributed by atoms with Crippen molar-refractivity contribution in [3.05, 3.63) is 62.9 Å². The molecule has 1 N–H and O–H groups in total. The fraction of sp³-hybridized carbons (Fsp3) is 0.176. The van der Waals surface area contributed by atoms with Crippen molar-refractivity contribution in [2.24, 2.45) is 7.05 Å². The van der Waals surface area contributed by atoms with Gasteiger partial charge < -0.3 is 0 Å². The molecule has 0 aliphatic heterocycles. The van der Waals surface area contributed by atoms with E-state index in [-0.39, 0.29) is 11.3 Å². The number of anilines is 1. The maximum atomic E-state index is 12.2. The number of carbonyl (C=O) groups excluding carboxylic acids is 1. The molecular weight excluding hydrogens is 324 g/mol. The summed E-state index contributed by atoms with van der Waals surface area (Å²) in [5.74, 6) is -0.396. The van der Waals surface area contributed by atoms with Crippen molar-refractivity contribution in [1.82, 2.24) is 14.8 Å². The first-order valence-corrected chi connectivity index (χ1v) is 8.21. The average Bonchev–Trinajstić information content (AvgIpc) is 2.98. The molecule has 24 heavy (non-hydrogen) atoms. The summed E-state index contributed by atoms with van der Waals surface area (Å²) in [6.45, 7) is 4.08. The van der Waals surface area contributed by atoms with Crippen molar-refractivity contribution < 1.29 is 4.79 Å². The normalized spacial score (nSPS) is 10.6. The topological polar surface area (TPSA) is 76.9 Å². The van der Waals surface area contributed by atoms with E-state index in [0.717, 1.165) is 21.5 Å². The third-order valence-electron chi connectivity index (χ3n) is 3.58. The molecule has 7 heteroatoms. The minimum Gasteiger partial charge on any atom is -0.296 e. The van der Waals surface area contributed by atoms with Gasteiger partial charge in [-0.1, -0.05) is 23.8 Å². The summed E-state index contributed by atoms with van der Waals surface area (Å²) in [5, 5.41) is 9.04. The molecule has 0 bridgehead atoms. The molecule has 3 aromatic rings. The standard InChI is InChI=1S/C17H16N4O2S/c1-10-4-5-12(11(2)8-10)14-9-24-17(18-14)19-16(23)13-6-7-15(22)21(3)20-13/h4-9H,1-3H3,(H,18,19,23). The Labute approximate surface area is 142 Å². The molecule has 6 nitrogen and oxygen atoms in total. The molecule has 2 aromatic heterocycles. The summed E-state index contributed by atoms with van der Waals surface area (Å²) < 4.78 is 1.12. The summed E-state index contributed by atoms with van der Waals surface area (Å²) in [5.41, 5.74) is 4.09. The number of hydrogen-bond donors (Lipinski definition) is 1. The Kier molecular flexibility index (Phi) is 4.26. The Morgan fingerprint density at radius 1 is 1.21 bits per heavy atom. The van der Waals surface area contributed by atoms with E-state index in [4.69, 9.17) is 0 Å². The van der Waals surface area contributed by atoms with Gasteiger partial charge in [-0.2, -0.15) is 5.10 Å². The lowest BCUT2D eigenvalue weighted by Crippen LogP contribution is -2.23. The van der Waals surface area contributed by atoms with Crippen molar-refractivity contribution >= 4 is 22.4 Å². The molecule has 0 spiro atoms. The van der Waals surface area contributed by atoms with Gasteiger partial charge in [-0.3, -0.25) is 14.9 Å². The Hall–Kier alpha value is -2.80. The second-order valence-corrected chi connectivity index (χ2v) is 6.35. The van der Waals surface area contributed by atoms with Gasteiger partial charge in [0.05, 0.1) is 5.69 Å². The fourth-order valence-electron chi connectivity index (χ4n) is 2.34. The van der Waals surface area contributed by atoms with Crippen LogP contribution in [-0.4, -0.2) is 20.7 Å². The van der Waals surface area contributed by atoms with Gasteiger partial charge in [0.1, 0.15) is 5.69 Å². The Bertz CT molecular complexity index is 975.